The Morgan fingerprint density at radius 3 is 2.39 bits per heavy atom. The smallest absolute Gasteiger partial charge is 0.237 e. The molecule has 0 aliphatic rings. The molecule has 1 rings (SSSR count). The molecule has 0 aromatic heterocycles. The Kier molecular flexibility index (Phi) is 8.24. The molecule has 1 aromatic carbocycles. The molecule has 1 atom stereocenters. The summed E-state index contributed by atoms with van der Waals surface area (Å²) < 4.78 is 1.06. The Hall–Kier alpha value is -0.580. The van der Waals surface area contributed by atoms with Gasteiger partial charge in [0, 0.05) is 11.0 Å². The van der Waals surface area contributed by atoms with Crippen molar-refractivity contribution >= 4 is 34.2 Å². The number of nitrogens with one attached hydrogen (secondary N) is 1. The number of nitrogens with two attached hydrogens (primary N) is 1. The maximum Gasteiger partial charge on any atom is 0.237 e. The van der Waals surface area contributed by atoms with Gasteiger partial charge in [0.15, 0.2) is 0 Å². The minimum absolute atomic E-state index is 0. The average Bonchev–Trinajstić information content (AvgIpc) is 2.30. The second-order valence-corrected chi connectivity index (χ2v) is 5.35. The summed E-state index contributed by atoms with van der Waals surface area (Å²) >= 11 is 3.39. The van der Waals surface area contributed by atoms with Crippen molar-refractivity contribution < 1.29 is 4.79 Å². The van der Waals surface area contributed by atoms with Crippen molar-refractivity contribution in [2.45, 2.75) is 26.3 Å². The summed E-state index contributed by atoms with van der Waals surface area (Å²) in [4.78, 5) is 11.6. The minimum atomic E-state index is -0.417. The van der Waals surface area contributed by atoms with Gasteiger partial charge in [0.1, 0.15) is 0 Å². The predicted octanol–water partition coefficient (Wildman–Crippen LogP) is 2.51. The van der Waals surface area contributed by atoms with E-state index in [1.54, 1.807) is 0 Å². The average molecular weight is 336 g/mol. The lowest BCUT2D eigenvalue weighted by Crippen LogP contribution is -2.44. The number of benzene rings is 1. The van der Waals surface area contributed by atoms with Crippen molar-refractivity contribution in [3.05, 3.63) is 34.3 Å². The van der Waals surface area contributed by atoms with Gasteiger partial charge in [-0.2, -0.15) is 0 Å². The van der Waals surface area contributed by atoms with Crippen LogP contribution >= 0.6 is 28.3 Å². The highest BCUT2D eigenvalue weighted by molar-refractivity contribution is 9.10. The minimum Gasteiger partial charge on any atom is -0.354 e. The highest BCUT2D eigenvalue weighted by atomic mass is 79.9. The van der Waals surface area contributed by atoms with Crippen molar-refractivity contribution in [3.8, 4) is 0 Å². The van der Waals surface area contributed by atoms with Crippen LogP contribution in [0.15, 0.2) is 28.7 Å². The van der Waals surface area contributed by atoms with Crippen molar-refractivity contribution in [1.82, 2.24) is 5.32 Å². The lowest BCUT2D eigenvalue weighted by Gasteiger charge is -2.15. The lowest BCUT2D eigenvalue weighted by molar-refractivity contribution is -0.123. The van der Waals surface area contributed by atoms with E-state index >= 15 is 0 Å². The molecular weight excluding hydrogens is 316 g/mol. The molecule has 1 unspecified atom stereocenters. The lowest BCUT2D eigenvalue weighted by atomic mass is 10.0. The van der Waals surface area contributed by atoms with Gasteiger partial charge in [-0.25, -0.2) is 0 Å². The largest absolute Gasteiger partial charge is 0.354 e. The molecule has 1 aromatic rings. The van der Waals surface area contributed by atoms with Crippen LogP contribution in [0.2, 0.25) is 0 Å². The number of carbonyl (C=O) groups is 1. The van der Waals surface area contributed by atoms with E-state index in [0.29, 0.717) is 6.54 Å². The molecule has 0 aliphatic carbocycles. The summed E-state index contributed by atoms with van der Waals surface area (Å²) in [6.07, 6.45) is 0.823. The molecule has 0 aliphatic heterocycles. The molecule has 18 heavy (non-hydrogen) atoms. The maximum atomic E-state index is 11.6. The van der Waals surface area contributed by atoms with Crippen LogP contribution in [0, 0.1) is 5.92 Å². The zero-order chi connectivity index (χ0) is 12.8. The second kappa shape index (κ2) is 8.51. The van der Waals surface area contributed by atoms with E-state index in [4.69, 9.17) is 5.73 Å². The Morgan fingerprint density at radius 1 is 1.33 bits per heavy atom. The van der Waals surface area contributed by atoms with Crippen LogP contribution in [0.1, 0.15) is 19.4 Å². The predicted molar refractivity (Wildman–Crippen MR) is 80.9 cm³/mol. The van der Waals surface area contributed by atoms with Gasteiger partial charge in [-0.3, -0.25) is 4.79 Å². The molecule has 0 spiro atoms. The number of hydrogen-bond acceptors (Lipinski definition) is 2. The van der Waals surface area contributed by atoms with Gasteiger partial charge in [-0.05, 0) is 30.0 Å². The number of amides is 1. The van der Waals surface area contributed by atoms with Gasteiger partial charge in [-0.15, -0.1) is 12.4 Å². The summed E-state index contributed by atoms with van der Waals surface area (Å²) in [5.41, 5.74) is 6.94. The fourth-order valence-electron chi connectivity index (χ4n) is 1.40. The number of rotatable bonds is 5. The maximum absolute atomic E-state index is 11.6. The summed E-state index contributed by atoms with van der Waals surface area (Å²) in [5, 5.41) is 2.85. The van der Waals surface area contributed by atoms with Crippen molar-refractivity contribution in [2.24, 2.45) is 11.7 Å². The Labute approximate surface area is 123 Å². The Bertz CT molecular complexity index is 368. The molecule has 3 N–H and O–H groups in total. The van der Waals surface area contributed by atoms with Crippen LogP contribution < -0.4 is 11.1 Å². The molecule has 3 nitrogen and oxygen atoms in total. The molecule has 0 heterocycles. The molecule has 0 saturated heterocycles. The van der Waals surface area contributed by atoms with Crippen LogP contribution in [-0.4, -0.2) is 18.5 Å². The topological polar surface area (TPSA) is 55.1 Å². The van der Waals surface area contributed by atoms with Gasteiger partial charge in [0.05, 0.1) is 6.04 Å². The molecule has 0 radical (unpaired) electrons. The second-order valence-electron chi connectivity index (χ2n) is 4.44. The van der Waals surface area contributed by atoms with Crippen molar-refractivity contribution in [1.29, 1.82) is 0 Å². The third kappa shape index (κ3) is 5.85. The van der Waals surface area contributed by atoms with Gasteiger partial charge in [0.25, 0.3) is 0 Å². The van der Waals surface area contributed by atoms with E-state index < -0.39 is 6.04 Å². The number of hydrogen-bond donors (Lipinski definition) is 2. The van der Waals surface area contributed by atoms with Gasteiger partial charge < -0.3 is 11.1 Å². The van der Waals surface area contributed by atoms with Crippen LogP contribution in [0.4, 0.5) is 0 Å². The zero-order valence-electron chi connectivity index (χ0n) is 10.7. The molecule has 0 bridgehead atoms. The Balaban J connectivity index is 0.00000289. The van der Waals surface area contributed by atoms with E-state index in [1.807, 2.05) is 38.1 Å². The first-order chi connectivity index (χ1) is 8.00. The van der Waals surface area contributed by atoms with Crippen LogP contribution in [-0.2, 0) is 11.2 Å². The first kappa shape index (κ1) is 17.4. The third-order valence-electron chi connectivity index (χ3n) is 2.65. The molecule has 1 amide bonds. The normalized spacial score (nSPS) is 11.8. The highest BCUT2D eigenvalue weighted by Gasteiger charge is 2.16. The molecule has 5 heteroatoms. The van der Waals surface area contributed by atoms with Crippen molar-refractivity contribution in [2.75, 3.05) is 6.54 Å². The van der Waals surface area contributed by atoms with E-state index in [-0.39, 0.29) is 24.2 Å². The quantitative estimate of drug-likeness (QED) is 0.868. The molecule has 0 saturated carbocycles. The monoisotopic (exact) mass is 334 g/mol. The molecular formula is C13H20BrClN2O. The standard InChI is InChI=1S/C13H19BrN2O.ClH/c1-9(2)12(15)13(17)16-8-7-10-3-5-11(14)6-4-10;/h3-6,9,12H,7-8,15H2,1-2H3,(H,16,17);1H. The summed E-state index contributed by atoms with van der Waals surface area (Å²) in [6, 6.07) is 7.66. The summed E-state index contributed by atoms with van der Waals surface area (Å²) in [7, 11) is 0. The van der Waals surface area contributed by atoms with Crippen molar-refractivity contribution in [3.63, 3.8) is 0 Å². The first-order valence-corrected chi connectivity index (χ1v) is 6.57. The van der Waals surface area contributed by atoms with Gasteiger partial charge >= 0.3 is 0 Å². The van der Waals surface area contributed by atoms with Crippen LogP contribution in [0.5, 0.6) is 0 Å². The highest BCUT2D eigenvalue weighted by Crippen LogP contribution is 2.10. The SMILES string of the molecule is CC(C)C(N)C(=O)NCCc1ccc(Br)cc1.Cl. The van der Waals surface area contributed by atoms with E-state index in [1.165, 1.54) is 5.56 Å². The molecule has 102 valence electrons. The third-order valence-corrected chi connectivity index (χ3v) is 3.18. The van der Waals surface area contributed by atoms with Gasteiger partial charge in [0.2, 0.25) is 5.91 Å². The van der Waals surface area contributed by atoms with Crippen LogP contribution in [0.25, 0.3) is 0 Å². The van der Waals surface area contributed by atoms with E-state index in [9.17, 15) is 4.79 Å². The fraction of sp³-hybridized carbons (Fsp3) is 0.462. The summed E-state index contributed by atoms with van der Waals surface area (Å²) in [5.74, 6) is 0.0970. The number of halogens is 2. The fourth-order valence-corrected chi connectivity index (χ4v) is 1.67. The summed E-state index contributed by atoms with van der Waals surface area (Å²) in [6.45, 7) is 4.51. The Morgan fingerprint density at radius 2 is 1.89 bits per heavy atom. The van der Waals surface area contributed by atoms with Crippen LogP contribution in [0.3, 0.4) is 0 Å². The van der Waals surface area contributed by atoms with E-state index in [0.717, 1.165) is 10.9 Å². The first-order valence-electron chi connectivity index (χ1n) is 5.78. The van der Waals surface area contributed by atoms with Gasteiger partial charge in [-0.1, -0.05) is 41.9 Å². The number of carbonyl (C=O) groups excluding carboxylic acids is 1. The van der Waals surface area contributed by atoms with E-state index in [2.05, 4.69) is 21.2 Å². The zero-order valence-corrected chi connectivity index (χ0v) is 13.1. The molecule has 0 fully saturated rings.